The molecule has 4 bridgehead atoms. The molecule has 4 aliphatic carbocycles. The van der Waals surface area contributed by atoms with Crippen molar-refractivity contribution in [2.75, 3.05) is 6.54 Å². The van der Waals surface area contributed by atoms with Crippen LogP contribution in [0.3, 0.4) is 0 Å². The summed E-state index contributed by atoms with van der Waals surface area (Å²) >= 11 is 0. The summed E-state index contributed by atoms with van der Waals surface area (Å²) in [5.74, 6) is 0.918. The number of hydrogen-bond acceptors (Lipinski definition) is 2. The Balaban J connectivity index is 1.26. The fourth-order valence-electron chi connectivity index (χ4n) is 5.65. The van der Waals surface area contributed by atoms with Crippen LogP contribution in [-0.4, -0.2) is 33.3 Å². The lowest BCUT2D eigenvalue weighted by Crippen LogP contribution is -2.65. The zero-order chi connectivity index (χ0) is 16.8. The third-order valence-electron chi connectivity index (χ3n) is 6.15. The Kier molecular flexibility index (Phi) is 3.81. The SMILES string of the molecule is Cc1cncn1CCCNC(=O)NC12CC3CC(CC(F)(C3)C1)C2. The minimum Gasteiger partial charge on any atom is -0.338 e. The number of aromatic nitrogens is 2. The van der Waals surface area contributed by atoms with Crippen LogP contribution in [0, 0.1) is 18.8 Å². The van der Waals surface area contributed by atoms with Gasteiger partial charge in [-0.25, -0.2) is 14.2 Å². The summed E-state index contributed by atoms with van der Waals surface area (Å²) in [6.07, 6.45) is 9.49. The van der Waals surface area contributed by atoms with Crippen molar-refractivity contribution < 1.29 is 9.18 Å². The third kappa shape index (κ3) is 3.03. The zero-order valence-electron chi connectivity index (χ0n) is 14.4. The number of hydrogen-bond donors (Lipinski definition) is 2. The van der Waals surface area contributed by atoms with Gasteiger partial charge in [0, 0.05) is 36.9 Å². The number of nitrogens with one attached hydrogen (secondary N) is 2. The number of imidazole rings is 1. The summed E-state index contributed by atoms with van der Waals surface area (Å²) in [7, 11) is 0. The minimum atomic E-state index is -1.03. The quantitative estimate of drug-likeness (QED) is 0.814. The first-order chi connectivity index (χ1) is 11.5. The predicted octanol–water partition coefficient (Wildman–Crippen LogP) is 2.94. The van der Waals surface area contributed by atoms with Gasteiger partial charge in [-0.1, -0.05) is 0 Å². The fourth-order valence-corrected chi connectivity index (χ4v) is 5.65. The molecule has 5 rings (SSSR count). The standard InChI is InChI=1S/C18H27FN4O/c1-13-10-20-12-23(13)4-2-3-21-16(24)22-18-8-14-5-15(9-18)7-17(19,6-14)11-18/h10,12,14-15H,2-9,11H2,1H3,(H2,21,22,24). The van der Waals surface area contributed by atoms with E-state index in [2.05, 4.69) is 20.2 Å². The van der Waals surface area contributed by atoms with Crippen molar-refractivity contribution in [1.82, 2.24) is 20.2 Å². The van der Waals surface area contributed by atoms with Gasteiger partial charge in [0.2, 0.25) is 0 Å². The van der Waals surface area contributed by atoms with Crippen molar-refractivity contribution in [3.05, 3.63) is 18.2 Å². The Morgan fingerprint density at radius 3 is 2.75 bits per heavy atom. The van der Waals surface area contributed by atoms with Crippen molar-refractivity contribution in [2.45, 2.75) is 69.6 Å². The Hall–Kier alpha value is -1.59. The summed E-state index contributed by atoms with van der Waals surface area (Å²) in [6, 6.07) is -0.136. The second-order valence-corrected chi connectivity index (χ2v) is 8.36. The second kappa shape index (κ2) is 5.74. The van der Waals surface area contributed by atoms with Gasteiger partial charge >= 0.3 is 6.03 Å². The topological polar surface area (TPSA) is 59.0 Å². The van der Waals surface area contributed by atoms with Crippen molar-refractivity contribution in [2.24, 2.45) is 11.8 Å². The van der Waals surface area contributed by atoms with Crippen LogP contribution >= 0.6 is 0 Å². The number of rotatable bonds is 5. The van der Waals surface area contributed by atoms with Crippen LogP contribution in [0.2, 0.25) is 0 Å². The number of halogens is 1. The number of urea groups is 1. The molecule has 0 saturated heterocycles. The first-order valence-corrected chi connectivity index (χ1v) is 9.17. The first-order valence-electron chi connectivity index (χ1n) is 9.17. The minimum absolute atomic E-state index is 0.136. The lowest BCUT2D eigenvalue weighted by atomic mass is 9.52. The molecule has 1 heterocycles. The summed E-state index contributed by atoms with van der Waals surface area (Å²) in [5.41, 5.74) is -0.207. The average molecular weight is 334 g/mol. The molecule has 2 amide bonds. The van der Waals surface area contributed by atoms with Gasteiger partial charge in [0.05, 0.1) is 6.33 Å². The van der Waals surface area contributed by atoms with Crippen molar-refractivity contribution in [3.8, 4) is 0 Å². The van der Waals surface area contributed by atoms with E-state index in [9.17, 15) is 9.18 Å². The molecule has 0 radical (unpaired) electrons. The summed E-state index contributed by atoms with van der Waals surface area (Å²) < 4.78 is 17.0. The van der Waals surface area contributed by atoms with E-state index in [0.29, 0.717) is 37.6 Å². The van der Waals surface area contributed by atoms with E-state index in [-0.39, 0.29) is 11.6 Å². The highest BCUT2D eigenvalue weighted by Gasteiger charge is 2.58. The molecule has 0 aliphatic heterocycles. The van der Waals surface area contributed by atoms with Gasteiger partial charge in [-0.3, -0.25) is 0 Å². The van der Waals surface area contributed by atoms with Gasteiger partial charge in [0.15, 0.2) is 0 Å². The average Bonchev–Trinajstić information content (AvgIpc) is 2.85. The van der Waals surface area contributed by atoms with Gasteiger partial charge in [0.25, 0.3) is 0 Å². The molecule has 2 N–H and O–H groups in total. The molecule has 2 unspecified atom stereocenters. The third-order valence-corrected chi connectivity index (χ3v) is 6.15. The second-order valence-electron chi connectivity index (χ2n) is 8.36. The van der Waals surface area contributed by atoms with E-state index in [1.165, 1.54) is 0 Å². The van der Waals surface area contributed by atoms with E-state index >= 15 is 0 Å². The Bertz CT molecular complexity index is 614. The van der Waals surface area contributed by atoms with Crippen LogP contribution in [0.1, 0.15) is 50.6 Å². The molecule has 4 fully saturated rings. The van der Waals surface area contributed by atoms with Gasteiger partial charge in [0.1, 0.15) is 5.67 Å². The van der Waals surface area contributed by atoms with Gasteiger partial charge in [-0.05, 0) is 57.3 Å². The molecule has 2 atom stereocenters. The molecule has 6 heteroatoms. The largest absolute Gasteiger partial charge is 0.338 e. The van der Waals surface area contributed by atoms with Crippen LogP contribution < -0.4 is 10.6 Å². The lowest BCUT2D eigenvalue weighted by molar-refractivity contribution is -0.0930. The summed E-state index contributed by atoms with van der Waals surface area (Å²) in [5, 5.41) is 6.09. The van der Waals surface area contributed by atoms with E-state index in [0.717, 1.165) is 37.9 Å². The van der Waals surface area contributed by atoms with E-state index < -0.39 is 5.67 Å². The van der Waals surface area contributed by atoms with Crippen molar-refractivity contribution in [1.29, 1.82) is 0 Å². The molecule has 5 nitrogen and oxygen atoms in total. The Morgan fingerprint density at radius 1 is 1.38 bits per heavy atom. The smallest absolute Gasteiger partial charge is 0.315 e. The molecule has 1 aromatic rings. The molecule has 132 valence electrons. The van der Waals surface area contributed by atoms with Crippen LogP contribution in [0.5, 0.6) is 0 Å². The lowest BCUT2D eigenvalue weighted by Gasteiger charge is -2.59. The van der Waals surface area contributed by atoms with E-state index in [4.69, 9.17) is 0 Å². The van der Waals surface area contributed by atoms with Gasteiger partial charge < -0.3 is 15.2 Å². The predicted molar refractivity (Wildman–Crippen MR) is 89.4 cm³/mol. The normalized spacial score (nSPS) is 36.8. The monoisotopic (exact) mass is 334 g/mol. The van der Waals surface area contributed by atoms with Crippen molar-refractivity contribution >= 4 is 6.03 Å². The van der Waals surface area contributed by atoms with Crippen LogP contribution in [-0.2, 0) is 6.54 Å². The maximum atomic E-state index is 14.9. The maximum absolute atomic E-state index is 14.9. The highest BCUT2D eigenvalue weighted by atomic mass is 19.1. The van der Waals surface area contributed by atoms with E-state index in [1.54, 1.807) is 0 Å². The fraction of sp³-hybridized carbons (Fsp3) is 0.778. The molecule has 1 aromatic heterocycles. The number of nitrogens with zero attached hydrogens (tertiary/aromatic N) is 2. The molecular weight excluding hydrogens is 307 g/mol. The number of carbonyl (C=O) groups is 1. The van der Waals surface area contributed by atoms with Crippen LogP contribution in [0.4, 0.5) is 9.18 Å². The highest BCUT2D eigenvalue weighted by Crippen LogP contribution is 2.58. The first kappa shape index (κ1) is 15.9. The number of carbonyl (C=O) groups excluding carboxylic acids is 1. The molecule has 24 heavy (non-hydrogen) atoms. The highest BCUT2D eigenvalue weighted by molar-refractivity contribution is 5.74. The maximum Gasteiger partial charge on any atom is 0.315 e. The van der Waals surface area contributed by atoms with Crippen LogP contribution in [0.25, 0.3) is 0 Å². The van der Waals surface area contributed by atoms with Gasteiger partial charge in [-0.2, -0.15) is 0 Å². The molecular formula is C18H27FN4O. The van der Waals surface area contributed by atoms with Crippen molar-refractivity contribution in [3.63, 3.8) is 0 Å². The Labute approximate surface area is 142 Å². The molecule has 0 aromatic carbocycles. The number of amides is 2. The summed E-state index contributed by atoms with van der Waals surface area (Å²) in [6.45, 7) is 3.48. The molecule has 4 aliphatic rings. The van der Waals surface area contributed by atoms with Crippen LogP contribution in [0.15, 0.2) is 12.5 Å². The molecule has 4 saturated carbocycles. The number of aryl methyl sites for hydroxylation is 2. The zero-order valence-corrected chi connectivity index (χ0v) is 14.4. The summed E-state index contributed by atoms with van der Waals surface area (Å²) in [4.78, 5) is 16.4. The van der Waals surface area contributed by atoms with Gasteiger partial charge in [-0.15, -0.1) is 0 Å². The number of alkyl halides is 1. The molecule has 0 spiro atoms. The van der Waals surface area contributed by atoms with E-state index in [1.807, 2.05) is 19.4 Å². The Morgan fingerprint density at radius 2 is 2.12 bits per heavy atom.